The lowest BCUT2D eigenvalue weighted by Crippen LogP contribution is -2.54. The van der Waals surface area contributed by atoms with Crippen molar-refractivity contribution in [2.45, 2.75) is 69.5 Å². The molecule has 1 atom stereocenters. The lowest BCUT2D eigenvalue weighted by molar-refractivity contribution is -0.140. The van der Waals surface area contributed by atoms with Gasteiger partial charge in [-0.1, -0.05) is 90.7 Å². The predicted molar refractivity (Wildman–Crippen MR) is 191 cm³/mol. The Bertz CT molecular complexity index is 1820. The number of carbonyl (C=O) groups is 2. The number of benzene rings is 4. The molecule has 1 fully saturated rings. The molecule has 5 rings (SSSR count). The van der Waals surface area contributed by atoms with Crippen molar-refractivity contribution in [1.82, 2.24) is 10.2 Å². The first kappa shape index (κ1) is 35.5. The van der Waals surface area contributed by atoms with Gasteiger partial charge < -0.3 is 19.7 Å². The zero-order valence-electron chi connectivity index (χ0n) is 28.6. The molecule has 49 heavy (non-hydrogen) atoms. The molecule has 0 saturated heterocycles. The highest BCUT2D eigenvalue weighted by Gasteiger charge is 2.36. The average molecular weight is 684 g/mol. The molecule has 1 N–H and O–H groups in total. The van der Waals surface area contributed by atoms with E-state index in [1.807, 2.05) is 68.4 Å². The zero-order chi connectivity index (χ0) is 35.0. The summed E-state index contributed by atoms with van der Waals surface area (Å²) in [6, 6.07) is 27.7. The normalized spacial score (nSPS) is 13.8. The number of anilines is 1. The number of methoxy groups -OCH3 is 2. The fraction of sp³-hybridized carbons (Fsp3) is 0.333. The fourth-order valence-corrected chi connectivity index (χ4v) is 7.57. The number of sulfonamides is 1. The molecule has 258 valence electrons. The molecular weight excluding hydrogens is 639 g/mol. The lowest BCUT2D eigenvalue weighted by Gasteiger charge is -2.34. The highest BCUT2D eigenvalue weighted by Crippen LogP contribution is 2.36. The van der Waals surface area contributed by atoms with Crippen LogP contribution in [0.5, 0.6) is 11.5 Å². The summed E-state index contributed by atoms with van der Waals surface area (Å²) in [6.45, 7) is 3.36. The summed E-state index contributed by atoms with van der Waals surface area (Å²) in [5, 5.41) is 3.21. The Morgan fingerprint density at radius 1 is 0.816 bits per heavy atom. The predicted octanol–water partition coefficient (Wildman–Crippen LogP) is 6.21. The number of hydrogen-bond acceptors (Lipinski definition) is 6. The summed E-state index contributed by atoms with van der Waals surface area (Å²) >= 11 is 0. The van der Waals surface area contributed by atoms with Crippen LogP contribution < -0.4 is 19.1 Å². The van der Waals surface area contributed by atoms with Gasteiger partial charge in [0.05, 0.1) is 24.8 Å². The van der Waals surface area contributed by atoms with Crippen LogP contribution in [-0.4, -0.2) is 58.0 Å². The standard InChI is InChI=1S/C39H45N3O6S/c1-28-14-18-31(19-15-28)26-41(36(24-30-10-6-5-7-11-30)39(44)40-32-12-8-9-13-32)38(43)27-42(35-25-33(47-3)20-23-37(35)48-4)49(45,46)34-21-16-29(2)17-22-34/h5-7,10-11,14-23,25,32,36H,8-9,12-13,24,26-27H2,1-4H3,(H,40,44)/t36-/m0/s1. The first-order valence-corrected chi connectivity index (χ1v) is 18.0. The van der Waals surface area contributed by atoms with Crippen molar-refractivity contribution in [3.05, 3.63) is 119 Å². The van der Waals surface area contributed by atoms with Crippen molar-refractivity contribution in [3.63, 3.8) is 0 Å². The Kier molecular flexibility index (Phi) is 11.6. The van der Waals surface area contributed by atoms with E-state index in [0.29, 0.717) is 5.75 Å². The van der Waals surface area contributed by atoms with E-state index in [2.05, 4.69) is 5.32 Å². The van der Waals surface area contributed by atoms with E-state index in [4.69, 9.17) is 9.47 Å². The molecule has 0 spiro atoms. The largest absolute Gasteiger partial charge is 0.497 e. The maximum Gasteiger partial charge on any atom is 0.264 e. The van der Waals surface area contributed by atoms with E-state index in [1.54, 1.807) is 24.3 Å². The van der Waals surface area contributed by atoms with Gasteiger partial charge in [0.2, 0.25) is 11.8 Å². The lowest BCUT2D eigenvalue weighted by atomic mass is 10.0. The molecule has 0 aromatic heterocycles. The SMILES string of the molecule is COc1ccc(OC)c(N(CC(=O)N(Cc2ccc(C)cc2)[C@@H](Cc2ccccc2)C(=O)NC2CCCC2)S(=O)(=O)c2ccc(C)cc2)c1. The van der Waals surface area contributed by atoms with Crippen molar-refractivity contribution in [3.8, 4) is 11.5 Å². The molecule has 0 radical (unpaired) electrons. The zero-order valence-corrected chi connectivity index (χ0v) is 29.4. The van der Waals surface area contributed by atoms with Gasteiger partial charge in [-0.05, 0) is 62.1 Å². The van der Waals surface area contributed by atoms with E-state index in [-0.39, 0.29) is 41.2 Å². The van der Waals surface area contributed by atoms with Gasteiger partial charge in [-0.15, -0.1) is 0 Å². The average Bonchev–Trinajstić information content (AvgIpc) is 3.62. The topological polar surface area (TPSA) is 105 Å². The Hall–Kier alpha value is -4.83. The molecule has 0 heterocycles. The van der Waals surface area contributed by atoms with E-state index >= 15 is 0 Å². The van der Waals surface area contributed by atoms with Gasteiger partial charge in [0.15, 0.2) is 0 Å². The molecule has 2 amide bonds. The summed E-state index contributed by atoms with van der Waals surface area (Å²) in [5.41, 5.74) is 3.79. The van der Waals surface area contributed by atoms with Crippen LogP contribution in [0, 0.1) is 13.8 Å². The number of aryl methyl sites for hydroxylation is 2. The first-order valence-electron chi connectivity index (χ1n) is 16.6. The Morgan fingerprint density at radius 2 is 1.45 bits per heavy atom. The molecule has 0 unspecified atom stereocenters. The quantitative estimate of drug-likeness (QED) is 0.169. The fourth-order valence-electron chi connectivity index (χ4n) is 6.15. The number of rotatable bonds is 14. The van der Waals surface area contributed by atoms with E-state index in [1.165, 1.54) is 37.3 Å². The maximum absolute atomic E-state index is 14.8. The number of ether oxygens (including phenoxy) is 2. The molecule has 1 aliphatic carbocycles. The second kappa shape index (κ2) is 16.0. The van der Waals surface area contributed by atoms with Crippen molar-refractivity contribution in [1.29, 1.82) is 0 Å². The minimum atomic E-state index is -4.31. The van der Waals surface area contributed by atoms with Crippen LogP contribution in [0.1, 0.15) is 47.9 Å². The number of nitrogens with zero attached hydrogens (tertiary/aromatic N) is 2. The molecule has 4 aromatic rings. The highest BCUT2D eigenvalue weighted by atomic mass is 32.2. The minimum Gasteiger partial charge on any atom is -0.497 e. The smallest absolute Gasteiger partial charge is 0.264 e. The van der Waals surface area contributed by atoms with E-state index in [9.17, 15) is 18.0 Å². The van der Waals surface area contributed by atoms with Crippen molar-refractivity contribution in [2.24, 2.45) is 0 Å². The van der Waals surface area contributed by atoms with Gasteiger partial charge in [0, 0.05) is 25.1 Å². The van der Waals surface area contributed by atoms with Crippen LogP contribution in [0.15, 0.2) is 102 Å². The molecule has 1 saturated carbocycles. The van der Waals surface area contributed by atoms with Crippen molar-refractivity contribution in [2.75, 3.05) is 25.1 Å². The third-order valence-electron chi connectivity index (χ3n) is 8.99. The molecule has 0 aliphatic heterocycles. The Morgan fingerprint density at radius 3 is 2.06 bits per heavy atom. The van der Waals surface area contributed by atoms with Gasteiger partial charge >= 0.3 is 0 Å². The van der Waals surface area contributed by atoms with E-state index < -0.39 is 28.5 Å². The third-order valence-corrected chi connectivity index (χ3v) is 10.8. The molecule has 9 nitrogen and oxygen atoms in total. The van der Waals surface area contributed by atoms with Crippen LogP contribution in [-0.2, 0) is 32.6 Å². The monoisotopic (exact) mass is 683 g/mol. The number of nitrogens with one attached hydrogen (secondary N) is 1. The number of carbonyl (C=O) groups excluding carboxylic acids is 2. The molecule has 4 aromatic carbocycles. The summed E-state index contributed by atoms with van der Waals surface area (Å²) < 4.78 is 41.1. The summed E-state index contributed by atoms with van der Waals surface area (Å²) in [5.74, 6) is -0.164. The van der Waals surface area contributed by atoms with Gasteiger partial charge in [-0.3, -0.25) is 13.9 Å². The summed E-state index contributed by atoms with van der Waals surface area (Å²) in [4.78, 5) is 30.6. The van der Waals surface area contributed by atoms with E-state index in [0.717, 1.165) is 52.2 Å². The second-order valence-electron chi connectivity index (χ2n) is 12.6. The Labute approximate surface area is 289 Å². The van der Waals surface area contributed by atoms with Crippen LogP contribution in [0.25, 0.3) is 0 Å². The molecule has 1 aliphatic rings. The minimum absolute atomic E-state index is 0.0145. The summed E-state index contributed by atoms with van der Waals surface area (Å²) in [6.07, 6.45) is 4.09. The maximum atomic E-state index is 14.8. The molecular formula is C39H45N3O6S. The van der Waals surface area contributed by atoms with Crippen molar-refractivity contribution >= 4 is 27.5 Å². The van der Waals surface area contributed by atoms with Crippen LogP contribution in [0.4, 0.5) is 5.69 Å². The van der Waals surface area contributed by atoms with Gasteiger partial charge in [0.1, 0.15) is 24.1 Å². The van der Waals surface area contributed by atoms with Crippen molar-refractivity contribution < 1.29 is 27.5 Å². The number of hydrogen-bond donors (Lipinski definition) is 1. The van der Waals surface area contributed by atoms with Crippen LogP contribution >= 0.6 is 0 Å². The third kappa shape index (κ3) is 8.80. The highest BCUT2D eigenvalue weighted by molar-refractivity contribution is 7.92. The number of amides is 2. The van der Waals surface area contributed by atoms with Crippen LogP contribution in [0.2, 0.25) is 0 Å². The van der Waals surface area contributed by atoms with Gasteiger partial charge in [-0.25, -0.2) is 8.42 Å². The first-order chi connectivity index (χ1) is 23.6. The molecule has 10 heteroatoms. The molecule has 0 bridgehead atoms. The Balaban J connectivity index is 1.61. The van der Waals surface area contributed by atoms with Crippen LogP contribution in [0.3, 0.4) is 0 Å². The summed E-state index contributed by atoms with van der Waals surface area (Å²) in [7, 11) is -1.39. The van der Waals surface area contributed by atoms with Gasteiger partial charge in [0.25, 0.3) is 10.0 Å². The second-order valence-corrected chi connectivity index (χ2v) is 14.4. The van der Waals surface area contributed by atoms with Gasteiger partial charge in [-0.2, -0.15) is 0 Å².